The second-order valence-corrected chi connectivity index (χ2v) is 6.15. The normalized spacial score (nSPS) is 12.8. The highest BCUT2D eigenvalue weighted by Crippen LogP contribution is 2.23. The zero-order chi connectivity index (χ0) is 12.4. The van der Waals surface area contributed by atoms with Crippen LogP contribution in [0.15, 0.2) is 24.3 Å². The fraction of sp³-hybridized carbons (Fsp3) is 0.455. The van der Waals surface area contributed by atoms with E-state index in [1.165, 1.54) is 12.1 Å². The molecule has 1 N–H and O–H groups in total. The van der Waals surface area contributed by atoms with Crippen LogP contribution in [0.4, 0.5) is 4.39 Å². The van der Waals surface area contributed by atoms with Crippen molar-refractivity contribution < 1.29 is 17.4 Å². The van der Waals surface area contributed by atoms with Gasteiger partial charge in [-0.05, 0) is 29.5 Å². The van der Waals surface area contributed by atoms with E-state index in [-0.39, 0.29) is 11.6 Å². The Morgan fingerprint density at radius 1 is 1.25 bits per heavy atom. The molecule has 0 aliphatic carbocycles. The Morgan fingerprint density at radius 3 is 2.19 bits per heavy atom. The lowest BCUT2D eigenvalue weighted by molar-refractivity contribution is 0.386. The van der Waals surface area contributed by atoms with E-state index in [1.54, 1.807) is 26.0 Å². The Balaban J connectivity index is 2.76. The first-order valence-electron chi connectivity index (χ1n) is 4.88. The summed E-state index contributed by atoms with van der Waals surface area (Å²) in [5.41, 5.74) is 0.265. The smallest absolute Gasteiger partial charge is 0.265 e. The molecule has 1 rings (SSSR count). The van der Waals surface area contributed by atoms with Crippen LogP contribution < -0.4 is 0 Å². The first kappa shape index (κ1) is 13.1. The zero-order valence-electron chi connectivity index (χ0n) is 9.27. The topological polar surface area (TPSA) is 54.4 Å². The summed E-state index contributed by atoms with van der Waals surface area (Å²) in [4.78, 5) is 0. The molecule has 0 heterocycles. The van der Waals surface area contributed by atoms with Crippen LogP contribution in [-0.2, 0) is 16.5 Å². The molecule has 0 aliphatic heterocycles. The molecule has 0 saturated heterocycles. The van der Waals surface area contributed by atoms with Crippen LogP contribution in [0.1, 0.15) is 19.4 Å². The molecule has 90 valence electrons. The minimum absolute atomic E-state index is 0.308. The van der Waals surface area contributed by atoms with Crippen molar-refractivity contribution in [3.05, 3.63) is 35.6 Å². The molecule has 0 unspecified atom stereocenters. The summed E-state index contributed by atoms with van der Waals surface area (Å²) in [6, 6.07) is 5.89. The van der Waals surface area contributed by atoms with Crippen LogP contribution in [0.25, 0.3) is 0 Å². The molecule has 0 amide bonds. The van der Waals surface area contributed by atoms with E-state index in [0.717, 1.165) is 5.56 Å². The third-order valence-electron chi connectivity index (χ3n) is 2.17. The largest absolute Gasteiger partial charge is 0.286 e. The molecule has 0 bridgehead atoms. The molecule has 1 aromatic carbocycles. The molecule has 0 spiro atoms. The molecule has 5 heteroatoms. The van der Waals surface area contributed by atoms with Crippen molar-refractivity contribution in [2.24, 2.45) is 5.41 Å². The maximum absolute atomic E-state index is 12.7. The number of halogens is 1. The third-order valence-corrected chi connectivity index (χ3v) is 3.32. The Kier molecular flexibility index (Phi) is 3.70. The summed E-state index contributed by atoms with van der Waals surface area (Å²) in [6.07, 6.45) is 0.465. The van der Waals surface area contributed by atoms with Gasteiger partial charge in [-0.1, -0.05) is 26.0 Å². The predicted octanol–water partition coefficient (Wildman–Crippen LogP) is 2.28. The molecule has 0 saturated carbocycles. The molecule has 1 aromatic rings. The van der Waals surface area contributed by atoms with Gasteiger partial charge in [0.25, 0.3) is 10.1 Å². The molecule has 0 fully saturated rings. The van der Waals surface area contributed by atoms with Crippen molar-refractivity contribution in [3.63, 3.8) is 0 Å². The minimum atomic E-state index is -3.98. The monoisotopic (exact) mass is 246 g/mol. The standard InChI is InChI=1S/C11H15FO3S/c1-11(2,8-16(13,14)15)7-9-3-5-10(12)6-4-9/h3-6H,7-8H2,1-2H3,(H,13,14,15). The first-order chi connectivity index (χ1) is 7.18. The van der Waals surface area contributed by atoms with E-state index >= 15 is 0 Å². The highest BCUT2D eigenvalue weighted by Gasteiger charge is 2.25. The van der Waals surface area contributed by atoms with Gasteiger partial charge in [0.15, 0.2) is 0 Å². The average molecular weight is 246 g/mol. The summed E-state index contributed by atoms with van der Waals surface area (Å²) in [6.45, 7) is 3.48. The van der Waals surface area contributed by atoms with E-state index < -0.39 is 15.5 Å². The maximum atomic E-state index is 12.7. The number of rotatable bonds is 4. The van der Waals surface area contributed by atoms with Crippen molar-refractivity contribution in [1.82, 2.24) is 0 Å². The van der Waals surface area contributed by atoms with E-state index in [0.29, 0.717) is 6.42 Å². The lowest BCUT2D eigenvalue weighted by atomic mass is 9.88. The molecular formula is C11H15FO3S. The van der Waals surface area contributed by atoms with Gasteiger partial charge in [0.05, 0.1) is 5.75 Å². The van der Waals surface area contributed by atoms with Gasteiger partial charge >= 0.3 is 0 Å². The van der Waals surface area contributed by atoms with Gasteiger partial charge in [0, 0.05) is 0 Å². The van der Waals surface area contributed by atoms with Crippen LogP contribution in [-0.4, -0.2) is 18.7 Å². The predicted molar refractivity (Wildman–Crippen MR) is 60.3 cm³/mol. The van der Waals surface area contributed by atoms with Crippen LogP contribution in [0, 0.1) is 11.2 Å². The van der Waals surface area contributed by atoms with Crippen molar-refractivity contribution in [2.45, 2.75) is 20.3 Å². The van der Waals surface area contributed by atoms with Crippen molar-refractivity contribution in [1.29, 1.82) is 0 Å². The average Bonchev–Trinajstić information content (AvgIpc) is 2.04. The lowest BCUT2D eigenvalue weighted by Crippen LogP contribution is -2.25. The summed E-state index contributed by atoms with van der Waals surface area (Å²) >= 11 is 0. The van der Waals surface area contributed by atoms with Crippen molar-refractivity contribution >= 4 is 10.1 Å². The maximum Gasteiger partial charge on any atom is 0.265 e. The van der Waals surface area contributed by atoms with Crippen LogP contribution in [0.5, 0.6) is 0 Å². The Hall–Kier alpha value is -0.940. The zero-order valence-corrected chi connectivity index (χ0v) is 10.1. The van der Waals surface area contributed by atoms with Gasteiger partial charge in [-0.3, -0.25) is 4.55 Å². The van der Waals surface area contributed by atoms with Crippen molar-refractivity contribution in [2.75, 3.05) is 5.75 Å². The molecule has 0 radical (unpaired) electrons. The highest BCUT2D eigenvalue weighted by atomic mass is 32.2. The molecule has 3 nitrogen and oxygen atoms in total. The third kappa shape index (κ3) is 4.72. The Morgan fingerprint density at radius 2 is 1.75 bits per heavy atom. The SMILES string of the molecule is CC(C)(Cc1ccc(F)cc1)CS(=O)(=O)O. The van der Waals surface area contributed by atoms with E-state index in [4.69, 9.17) is 4.55 Å². The van der Waals surface area contributed by atoms with Crippen LogP contribution in [0.2, 0.25) is 0 Å². The second-order valence-electron chi connectivity index (χ2n) is 4.69. The van der Waals surface area contributed by atoms with Gasteiger partial charge in [-0.15, -0.1) is 0 Å². The fourth-order valence-corrected chi connectivity index (χ4v) is 2.79. The van der Waals surface area contributed by atoms with E-state index in [9.17, 15) is 12.8 Å². The number of benzene rings is 1. The van der Waals surface area contributed by atoms with E-state index in [1.807, 2.05) is 0 Å². The summed E-state index contributed by atoms with van der Waals surface area (Å²) in [5.74, 6) is -0.631. The van der Waals surface area contributed by atoms with Crippen molar-refractivity contribution in [3.8, 4) is 0 Å². The van der Waals surface area contributed by atoms with Gasteiger partial charge < -0.3 is 0 Å². The quantitative estimate of drug-likeness (QED) is 0.829. The highest BCUT2D eigenvalue weighted by molar-refractivity contribution is 7.85. The molecule has 0 atom stereocenters. The summed E-state index contributed by atoms with van der Waals surface area (Å²) < 4.78 is 43.0. The molecule has 0 aliphatic rings. The van der Waals surface area contributed by atoms with Crippen LogP contribution in [0.3, 0.4) is 0 Å². The van der Waals surface area contributed by atoms with Gasteiger partial charge in [-0.25, -0.2) is 4.39 Å². The summed E-state index contributed by atoms with van der Waals surface area (Å²) in [7, 11) is -3.98. The number of hydrogen-bond donors (Lipinski definition) is 1. The number of hydrogen-bond acceptors (Lipinski definition) is 2. The lowest BCUT2D eigenvalue weighted by Gasteiger charge is -2.22. The molecule has 16 heavy (non-hydrogen) atoms. The minimum Gasteiger partial charge on any atom is -0.286 e. The summed E-state index contributed by atoms with van der Waals surface area (Å²) in [5, 5.41) is 0. The second kappa shape index (κ2) is 4.51. The first-order valence-corrected chi connectivity index (χ1v) is 6.48. The Bertz CT molecular complexity index is 449. The molecular weight excluding hydrogens is 231 g/mol. The fourth-order valence-electron chi connectivity index (χ4n) is 1.70. The van der Waals surface area contributed by atoms with Crippen LogP contribution >= 0.6 is 0 Å². The molecule has 0 aromatic heterocycles. The van der Waals surface area contributed by atoms with Gasteiger partial charge in [0.2, 0.25) is 0 Å². The van der Waals surface area contributed by atoms with Gasteiger partial charge in [-0.2, -0.15) is 8.42 Å². The van der Waals surface area contributed by atoms with Gasteiger partial charge in [0.1, 0.15) is 5.82 Å². The Labute approximate surface area is 95.1 Å². The van der Waals surface area contributed by atoms with E-state index in [2.05, 4.69) is 0 Å².